The maximum Gasteiger partial charge on any atom is 0.133 e. The summed E-state index contributed by atoms with van der Waals surface area (Å²) in [5.74, 6) is 1.58. The quantitative estimate of drug-likeness (QED) is 0.908. The summed E-state index contributed by atoms with van der Waals surface area (Å²) in [6.07, 6.45) is 5.54. The number of aliphatic imine (C=N–C) groups is 1. The number of rotatable bonds is 4. The van der Waals surface area contributed by atoms with Crippen molar-refractivity contribution in [2.75, 3.05) is 7.11 Å². The van der Waals surface area contributed by atoms with E-state index in [1.807, 2.05) is 49.4 Å². The molecule has 2 aromatic rings. The number of nitrogens with zero attached hydrogens (tertiary/aromatic N) is 1. The molecule has 0 saturated heterocycles. The van der Waals surface area contributed by atoms with Gasteiger partial charge < -0.3 is 20.6 Å². The van der Waals surface area contributed by atoms with Crippen LogP contribution in [0.4, 0.5) is 0 Å². The lowest BCUT2D eigenvalue weighted by atomic mass is 9.86. The molecule has 5 heteroatoms. The molecule has 2 heterocycles. The Morgan fingerprint density at radius 3 is 2.83 bits per heavy atom. The van der Waals surface area contributed by atoms with Crippen molar-refractivity contribution in [2.45, 2.75) is 25.0 Å². The van der Waals surface area contributed by atoms with Crippen LogP contribution in [0.1, 0.15) is 12.5 Å². The molecule has 1 aromatic heterocycles. The van der Waals surface area contributed by atoms with Crippen LogP contribution in [0.15, 0.2) is 58.2 Å². The van der Waals surface area contributed by atoms with Crippen LogP contribution in [0.25, 0.3) is 11.3 Å². The summed E-state index contributed by atoms with van der Waals surface area (Å²) in [6.45, 7) is 1.91. The molecule has 0 aliphatic carbocycles. The summed E-state index contributed by atoms with van der Waals surface area (Å²) in [5, 5.41) is 0. The fourth-order valence-corrected chi connectivity index (χ4v) is 2.76. The fraction of sp³-hybridized carbons (Fsp3) is 0.278. The molecule has 3 rings (SSSR count). The molecule has 1 aliphatic rings. The highest BCUT2D eigenvalue weighted by atomic mass is 16.5. The molecule has 1 aromatic carbocycles. The number of furan rings is 1. The Hall–Kier alpha value is -2.37. The van der Waals surface area contributed by atoms with Gasteiger partial charge >= 0.3 is 0 Å². The molecule has 0 amide bonds. The third-order valence-corrected chi connectivity index (χ3v) is 4.11. The Balaban J connectivity index is 1.95. The highest BCUT2D eigenvalue weighted by Gasteiger charge is 2.33. The summed E-state index contributed by atoms with van der Waals surface area (Å²) in [7, 11) is 1.65. The third kappa shape index (κ3) is 3.06. The number of nitrogens with two attached hydrogens (primary N) is 2. The zero-order chi connectivity index (χ0) is 16.4. The van der Waals surface area contributed by atoms with Gasteiger partial charge in [-0.1, -0.05) is 6.08 Å². The molecule has 0 spiro atoms. The standard InChI is InChI=1S/C18H21N3O2/c1-12-7-8-18(20,17(19)21-12)11-14-10-13(5-6-15(14)22-2)16-4-3-9-23-16/h3-10,17H,11,19-20H2,1-2H3. The largest absolute Gasteiger partial charge is 0.496 e. The van der Waals surface area contributed by atoms with E-state index in [1.165, 1.54) is 0 Å². The van der Waals surface area contributed by atoms with Crippen molar-refractivity contribution in [3.05, 3.63) is 54.3 Å². The molecular formula is C18H21N3O2. The van der Waals surface area contributed by atoms with Crippen LogP contribution in [0, 0.1) is 0 Å². The Labute approximate surface area is 135 Å². The van der Waals surface area contributed by atoms with E-state index in [-0.39, 0.29) is 0 Å². The molecule has 0 saturated carbocycles. The highest BCUT2D eigenvalue weighted by molar-refractivity contribution is 5.94. The van der Waals surface area contributed by atoms with Crippen molar-refractivity contribution in [1.82, 2.24) is 0 Å². The number of methoxy groups -OCH3 is 1. The van der Waals surface area contributed by atoms with Gasteiger partial charge in [-0.2, -0.15) is 0 Å². The van der Waals surface area contributed by atoms with Gasteiger partial charge in [0.15, 0.2) is 0 Å². The average molecular weight is 311 g/mol. The van der Waals surface area contributed by atoms with Crippen molar-refractivity contribution in [2.24, 2.45) is 16.5 Å². The predicted molar refractivity (Wildman–Crippen MR) is 91.5 cm³/mol. The van der Waals surface area contributed by atoms with Crippen LogP contribution in [0.2, 0.25) is 0 Å². The Kier molecular flexibility index (Phi) is 4.07. The molecule has 5 nitrogen and oxygen atoms in total. The lowest BCUT2D eigenvalue weighted by molar-refractivity contribution is 0.389. The van der Waals surface area contributed by atoms with Gasteiger partial charge in [-0.25, -0.2) is 0 Å². The molecule has 1 aliphatic heterocycles. The van der Waals surface area contributed by atoms with Gasteiger partial charge in [-0.3, -0.25) is 4.99 Å². The minimum Gasteiger partial charge on any atom is -0.496 e. The van der Waals surface area contributed by atoms with Crippen molar-refractivity contribution in [1.29, 1.82) is 0 Å². The highest BCUT2D eigenvalue weighted by Crippen LogP contribution is 2.31. The first-order valence-electron chi connectivity index (χ1n) is 7.51. The second-order valence-electron chi connectivity index (χ2n) is 5.84. The lowest BCUT2D eigenvalue weighted by Gasteiger charge is -2.33. The van der Waals surface area contributed by atoms with Gasteiger partial charge in [0.05, 0.1) is 18.9 Å². The van der Waals surface area contributed by atoms with Gasteiger partial charge in [0.25, 0.3) is 0 Å². The van der Waals surface area contributed by atoms with Crippen molar-refractivity contribution in [3.63, 3.8) is 0 Å². The van der Waals surface area contributed by atoms with Crippen LogP contribution in [-0.2, 0) is 6.42 Å². The number of benzene rings is 1. The van der Waals surface area contributed by atoms with Crippen LogP contribution in [-0.4, -0.2) is 24.5 Å². The van der Waals surface area contributed by atoms with E-state index in [1.54, 1.807) is 13.4 Å². The van der Waals surface area contributed by atoms with E-state index in [0.717, 1.165) is 28.3 Å². The zero-order valence-corrected chi connectivity index (χ0v) is 13.3. The molecule has 2 atom stereocenters. The first-order valence-corrected chi connectivity index (χ1v) is 7.51. The van der Waals surface area contributed by atoms with Crippen LogP contribution < -0.4 is 16.2 Å². The van der Waals surface area contributed by atoms with Crippen molar-refractivity contribution < 1.29 is 9.15 Å². The Bertz CT molecular complexity index is 750. The summed E-state index contributed by atoms with van der Waals surface area (Å²) >= 11 is 0. The van der Waals surface area contributed by atoms with E-state index < -0.39 is 11.7 Å². The first kappa shape index (κ1) is 15.5. The van der Waals surface area contributed by atoms with Crippen LogP contribution in [0.3, 0.4) is 0 Å². The monoisotopic (exact) mass is 311 g/mol. The number of allylic oxidation sites excluding steroid dienone is 1. The summed E-state index contributed by atoms with van der Waals surface area (Å²) in [6, 6.07) is 9.69. The number of ether oxygens (including phenoxy) is 1. The van der Waals surface area contributed by atoms with Gasteiger partial charge in [0.1, 0.15) is 17.7 Å². The second-order valence-corrected chi connectivity index (χ2v) is 5.84. The number of hydrogen-bond donors (Lipinski definition) is 2. The third-order valence-electron chi connectivity index (χ3n) is 4.11. The van der Waals surface area contributed by atoms with E-state index in [9.17, 15) is 0 Å². The second kappa shape index (κ2) is 6.02. The topological polar surface area (TPSA) is 86.8 Å². The molecule has 120 valence electrons. The summed E-state index contributed by atoms with van der Waals surface area (Å²) in [5.41, 5.74) is 14.7. The van der Waals surface area contributed by atoms with Gasteiger partial charge in [0, 0.05) is 17.7 Å². The summed E-state index contributed by atoms with van der Waals surface area (Å²) in [4.78, 5) is 4.38. The SMILES string of the molecule is COc1ccc(-c2ccco2)cc1CC1(N)C=CC(C)=NC1N. The first-order chi connectivity index (χ1) is 11.0. The van der Waals surface area contributed by atoms with Crippen molar-refractivity contribution >= 4 is 5.71 Å². The number of dihydropyridines is 1. The number of hydrogen-bond acceptors (Lipinski definition) is 5. The average Bonchev–Trinajstić information content (AvgIpc) is 3.06. The molecule has 4 N–H and O–H groups in total. The molecule has 2 unspecified atom stereocenters. The fourth-order valence-electron chi connectivity index (χ4n) is 2.76. The molecule has 0 radical (unpaired) electrons. The minimum atomic E-state index is -0.741. The Morgan fingerprint density at radius 1 is 1.35 bits per heavy atom. The van der Waals surface area contributed by atoms with Gasteiger partial charge in [-0.05, 0) is 48.9 Å². The lowest BCUT2D eigenvalue weighted by Crippen LogP contribution is -2.56. The minimum absolute atomic E-state index is 0.482. The van der Waals surface area contributed by atoms with Gasteiger partial charge in [0.2, 0.25) is 0 Å². The van der Waals surface area contributed by atoms with Gasteiger partial charge in [-0.15, -0.1) is 0 Å². The van der Waals surface area contributed by atoms with E-state index in [0.29, 0.717) is 6.42 Å². The smallest absolute Gasteiger partial charge is 0.133 e. The normalized spacial score (nSPS) is 23.7. The molecular weight excluding hydrogens is 290 g/mol. The maximum absolute atomic E-state index is 6.49. The van der Waals surface area contributed by atoms with E-state index in [2.05, 4.69) is 4.99 Å². The molecule has 0 fully saturated rings. The predicted octanol–water partition coefficient (Wildman–Crippen LogP) is 2.51. The Morgan fingerprint density at radius 2 is 2.17 bits per heavy atom. The van der Waals surface area contributed by atoms with Crippen molar-refractivity contribution in [3.8, 4) is 17.1 Å². The molecule has 23 heavy (non-hydrogen) atoms. The van der Waals surface area contributed by atoms with Crippen LogP contribution in [0.5, 0.6) is 5.75 Å². The maximum atomic E-state index is 6.49. The van der Waals surface area contributed by atoms with E-state index in [4.69, 9.17) is 20.6 Å². The van der Waals surface area contributed by atoms with E-state index >= 15 is 0 Å². The zero-order valence-electron chi connectivity index (χ0n) is 13.3. The summed E-state index contributed by atoms with van der Waals surface area (Å²) < 4.78 is 10.9. The van der Waals surface area contributed by atoms with Crippen LogP contribution >= 0.6 is 0 Å². The molecule has 0 bridgehead atoms.